The van der Waals surface area contributed by atoms with E-state index in [1.54, 1.807) is 25.1 Å². The summed E-state index contributed by atoms with van der Waals surface area (Å²) in [5, 5.41) is 13.9. The Bertz CT molecular complexity index is 1080. The first-order chi connectivity index (χ1) is 14.4. The fourth-order valence-corrected chi connectivity index (χ4v) is 3.61. The van der Waals surface area contributed by atoms with Crippen molar-refractivity contribution in [3.63, 3.8) is 0 Å². The highest BCUT2D eigenvalue weighted by molar-refractivity contribution is 6.07. The number of tetrazole rings is 1. The molecule has 9 nitrogen and oxygen atoms in total. The molecule has 1 N–H and O–H groups in total. The monoisotopic (exact) mass is 406 g/mol. The maximum atomic E-state index is 13.1. The zero-order valence-corrected chi connectivity index (χ0v) is 17.0. The molecule has 0 radical (unpaired) electrons. The van der Waals surface area contributed by atoms with Crippen LogP contribution >= 0.6 is 0 Å². The van der Waals surface area contributed by atoms with Crippen molar-refractivity contribution in [1.29, 1.82) is 0 Å². The van der Waals surface area contributed by atoms with Gasteiger partial charge in [0.05, 0.1) is 12.2 Å². The van der Waals surface area contributed by atoms with Crippen LogP contribution in [0.5, 0.6) is 5.75 Å². The van der Waals surface area contributed by atoms with Crippen LogP contribution in [0.25, 0.3) is 5.69 Å². The molecule has 9 heteroatoms. The smallest absolute Gasteiger partial charge is 0.325 e. The number of imide groups is 1. The van der Waals surface area contributed by atoms with E-state index in [0.717, 1.165) is 16.9 Å². The van der Waals surface area contributed by atoms with E-state index in [9.17, 15) is 9.59 Å². The summed E-state index contributed by atoms with van der Waals surface area (Å²) >= 11 is 0. The Balaban J connectivity index is 1.48. The molecular formula is C21H22N6O3. The van der Waals surface area contributed by atoms with Crippen LogP contribution < -0.4 is 10.1 Å². The summed E-state index contributed by atoms with van der Waals surface area (Å²) < 4.78 is 7.26. The second-order valence-corrected chi connectivity index (χ2v) is 7.49. The molecular weight excluding hydrogens is 384 g/mol. The van der Waals surface area contributed by atoms with Crippen molar-refractivity contribution in [1.82, 2.24) is 30.4 Å². The Labute approximate surface area is 173 Å². The molecule has 1 saturated heterocycles. The number of aryl methyl sites for hydroxylation is 2. The predicted molar refractivity (Wildman–Crippen MR) is 108 cm³/mol. The van der Waals surface area contributed by atoms with E-state index in [-0.39, 0.29) is 19.1 Å². The molecule has 0 saturated carbocycles. The van der Waals surface area contributed by atoms with E-state index in [2.05, 4.69) is 26.9 Å². The fraction of sp³-hybridized carbons (Fsp3) is 0.286. The molecule has 1 fully saturated rings. The van der Waals surface area contributed by atoms with Crippen molar-refractivity contribution in [3.8, 4) is 11.4 Å². The van der Waals surface area contributed by atoms with Gasteiger partial charge in [-0.1, -0.05) is 18.2 Å². The fourth-order valence-electron chi connectivity index (χ4n) is 3.61. The predicted octanol–water partition coefficient (Wildman–Crippen LogP) is 2.13. The molecule has 154 valence electrons. The standard InChI is InChI=1S/C21H22N6O3/c1-14-9-15(2)11-18(10-14)30-8-7-26-19(28)21(3,23-20(26)29)16-5-4-6-17(12-16)27-13-22-24-25-27/h4-6,9-13H,7-8H2,1-3H3,(H,23,29)/t21-/m1/s1. The third-order valence-electron chi connectivity index (χ3n) is 5.09. The van der Waals surface area contributed by atoms with Crippen LogP contribution in [0, 0.1) is 13.8 Å². The van der Waals surface area contributed by atoms with E-state index >= 15 is 0 Å². The van der Waals surface area contributed by atoms with Crippen molar-refractivity contribution in [2.75, 3.05) is 13.2 Å². The van der Waals surface area contributed by atoms with Gasteiger partial charge in [-0.15, -0.1) is 5.10 Å². The lowest BCUT2D eigenvalue weighted by Gasteiger charge is -2.23. The normalized spacial score (nSPS) is 18.6. The lowest BCUT2D eigenvalue weighted by Crippen LogP contribution is -2.41. The number of carbonyl (C=O) groups excluding carboxylic acids is 2. The van der Waals surface area contributed by atoms with Crippen LogP contribution in [0.4, 0.5) is 4.79 Å². The van der Waals surface area contributed by atoms with Gasteiger partial charge in [0, 0.05) is 0 Å². The molecule has 1 aliphatic rings. The molecule has 1 aliphatic heterocycles. The summed E-state index contributed by atoms with van der Waals surface area (Å²) in [5.74, 6) is 0.391. The Morgan fingerprint density at radius 2 is 1.87 bits per heavy atom. The number of carbonyl (C=O) groups is 2. The Morgan fingerprint density at radius 3 is 2.57 bits per heavy atom. The van der Waals surface area contributed by atoms with Crippen molar-refractivity contribution in [3.05, 3.63) is 65.5 Å². The molecule has 4 rings (SSSR count). The first kappa shape index (κ1) is 19.6. The minimum absolute atomic E-state index is 0.153. The molecule has 1 aromatic heterocycles. The Hall–Kier alpha value is -3.75. The van der Waals surface area contributed by atoms with Gasteiger partial charge in [0.1, 0.15) is 24.2 Å². The molecule has 0 unspecified atom stereocenters. The summed E-state index contributed by atoms with van der Waals surface area (Å²) in [5.41, 5.74) is 2.34. The highest BCUT2D eigenvalue weighted by Crippen LogP contribution is 2.30. The highest BCUT2D eigenvalue weighted by atomic mass is 16.5. The van der Waals surface area contributed by atoms with Crippen LogP contribution in [0.3, 0.4) is 0 Å². The Morgan fingerprint density at radius 1 is 1.10 bits per heavy atom. The number of ether oxygens (including phenoxy) is 1. The summed E-state index contributed by atoms with van der Waals surface area (Å²) in [6.45, 7) is 6.04. The lowest BCUT2D eigenvalue weighted by molar-refractivity contribution is -0.131. The van der Waals surface area contributed by atoms with Gasteiger partial charge < -0.3 is 10.1 Å². The molecule has 1 atom stereocenters. The summed E-state index contributed by atoms with van der Waals surface area (Å²) in [6.07, 6.45) is 1.47. The topological polar surface area (TPSA) is 102 Å². The third kappa shape index (κ3) is 3.61. The second kappa shape index (κ2) is 7.58. The van der Waals surface area contributed by atoms with E-state index in [4.69, 9.17) is 4.74 Å². The highest BCUT2D eigenvalue weighted by Gasteiger charge is 2.48. The van der Waals surface area contributed by atoms with Gasteiger partial charge in [0.15, 0.2) is 0 Å². The molecule has 30 heavy (non-hydrogen) atoms. The van der Waals surface area contributed by atoms with Crippen LogP contribution in [-0.2, 0) is 10.3 Å². The quantitative estimate of drug-likeness (QED) is 0.629. The van der Waals surface area contributed by atoms with E-state index in [1.165, 1.54) is 15.9 Å². The van der Waals surface area contributed by atoms with Gasteiger partial charge in [0.25, 0.3) is 5.91 Å². The number of benzene rings is 2. The van der Waals surface area contributed by atoms with Gasteiger partial charge in [-0.3, -0.25) is 9.69 Å². The maximum absolute atomic E-state index is 13.1. The minimum Gasteiger partial charge on any atom is -0.492 e. The molecule has 3 aromatic rings. The molecule has 0 aliphatic carbocycles. The molecule has 0 bridgehead atoms. The zero-order valence-electron chi connectivity index (χ0n) is 17.0. The molecule has 3 amide bonds. The van der Waals surface area contributed by atoms with Crippen LogP contribution in [0.2, 0.25) is 0 Å². The number of hydrogen-bond donors (Lipinski definition) is 1. The number of rotatable bonds is 6. The second-order valence-electron chi connectivity index (χ2n) is 7.49. The largest absolute Gasteiger partial charge is 0.492 e. The van der Waals surface area contributed by atoms with Gasteiger partial charge in [0.2, 0.25) is 0 Å². The summed E-state index contributed by atoms with van der Waals surface area (Å²) in [6, 6.07) is 12.6. The average molecular weight is 406 g/mol. The Kier molecular flexibility index (Phi) is 4.94. The van der Waals surface area contributed by atoms with Gasteiger partial charge >= 0.3 is 6.03 Å². The van der Waals surface area contributed by atoms with Crippen LogP contribution in [-0.4, -0.2) is 50.2 Å². The maximum Gasteiger partial charge on any atom is 0.325 e. The number of hydrogen-bond acceptors (Lipinski definition) is 6. The van der Waals surface area contributed by atoms with Crippen molar-refractivity contribution < 1.29 is 14.3 Å². The van der Waals surface area contributed by atoms with Gasteiger partial charge in [-0.2, -0.15) is 0 Å². The van der Waals surface area contributed by atoms with E-state index in [1.807, 2.05) is 32.0 Å². The van der Waals surface area contributed by atoms with Crippen molar-refractivity contribution in [2.24, 2.45) is 0 Å². The first-order valence-electron chi connectivity index (χ1n) is 9.56. The van der Waals surface area contributed by atoms with E-state index < -0.39 is 11.6 Å². The summed E-state index contributed by atoms with van der Waals surface area (Å²) in [7, 11) is 0. The number of urea groups is 1. The molecule has 0 spiro atoms. The van der Waals surface area contributed by atoms with Gasteiger partial charge in [-0.05, 0) is 72.2 Å². The third-order valence-corrected chi connectivity index (χ3v) is 5.09. The lowest BCUT2D eigenvalue weighted by atomic mass is 9.91. The molecule has 2 aromatic carbocycles. The number of nitrogens with one attached hydrogen (secondary N) is 1. The van der Waals surface area contributed by atoms with E-state index in [0.29, 0.717) is 11.3 Å². The number of aromatic nitrogens is 4. The number of amides is 3. The van der Waals surface area contributed by atoms with Crippen LogP contribution in [0.15, 0.2) is 48.8 Å². The SMILES string of the molecule is Cc1cc(C)cc(OCCN2C(=O)N[C@](C)(c3cccc(-n4cnnn4)c3)C2=O)c1. The zero-order chi connectivity index (χ0) is 21.3. The van der Waals surface area contributed by atoms with Gasteiger partial charge in [-0.25, -0.2) is 9.48 Å². The van der Waals surface area contributed by atoms with Crippen molar-refractivity contribution >= 4 is 11.9 Å². The number of nitrogens with zero attached hydrogens (tertiary/aromatic N) is 5. The minimum atomic E-state index is -1.18. The van der Waals surface area contributed by atoms with Crippen LogP contribution in [0.1, 0.15) is 23.6 Å². The summed E-state index contributed by atoms with van der Waals surface area (Å²) in [4.78, 5) is 26.9. The average Bonchev–Trinajstić information content (AvgIpc) is 3.31. The molecule has 2 heterocycles. The van der Waals surface area contributed by atoms with Crippen molar-refractivity contribution in [2.45, 2.75) is 26.3 Å². The first-order valence-corrected chi connectivity index (χ1v) is 9.56.